The molecule has 3 rings (SSSR count). The van der Waals surface area contributed by atoms with E-state index in [1.54, 1.807) is 0 Å². The molecule has 2 heterocycles. The summed E-state index contributed by atoms with van der Waals surface area (Å²) in [4.78, 5) is 19.2. The Kier molecular flexibility index (Phi) is 6.27. The highest BCUT2D eigenvalue weighted by atomic mass is 32.1. The van der Waals surface area contributed by atoms with Gasteiger partial charge in [-0.3, -0.25) is 4.79 Å². The number of hydrogen-bond donors (Lipinski definition) is 0. The van der Waals surface area contributed by atoms with Crippen molar-refractivity contribution < 1.29 is 14.3 Å². The van der Waals surface area contributed by atoms with E-state index >= 15 is 0 Å². The Morgan fingerprint density at radius 2 is 2.15 bits per heavy atom. The maximum absolute atomic E-state index is 12.8. The lowest BCUT2D eigenvalue weighted by molar-refractivity contribution is 0.0726. The van der Waals surface area contributed by atoms with Crippen molar-refractivity contribution in [3.8, 4) is 16.3 Å². The minimum atomic E-state index is 0.00154. The maximum atomic E-state index is 12.8. The van der Waals surface area contributed by atoms with Gasteiger partial charge in [0.2, 0.25) is 0 Å². The number of aromatic nitrogens is 1. The Bertz CT molecular complexity index is 721. The van der Waals surface area contributed by atoms with Crippen LogP contribution in [0.5, 0.6) is 5.75 Å². The van der Waals surface area contributed by atoms with Crippen LogP contribution < -0.4 is 4.74 Å². The first-order valence-corrected chi connectivity index (χ1v) is 10.0. The molecule has 0 N–H and O–H groups in total. The van der Waals surface area contributed by atoms with Crippen LogP contribution in [-0.4, -0.2) is 48.2 Å². The van der Waals surface area contributed by atoms with Crippen LogP contribution in [-0.2, 0) is 4.74 Å². The highest BCUT2D eigenvalue weighted by molar-refractivity contribution is 7.13. The van der Waals surface area contributed by atoms with E-state index in [2.05, 4.69) is 4.98 Å². The number of carbonyl (C=O) groups is 1. The summed E-state index contributed by atoms with van der Waals surface area (Å²) in [7, 11) is 0. The summed E-state index contributed by atoms with van der Waals surface area (Å²) < 4.78 is 11.1. The van der Waals surface area contributed by atoms with Gasteiger partial charge in [-0.25, -0.2) is 4.98 Å². The molecule has 1 aromatic carbocycles. The molecule has 0 radical (unpaired) electrons. The Morgan fingerprint density at radius 1 is 1.38 bits per heavy atom. The van der Waals surface area contributed by atoms with Crippen molar-refractivity contribution in [2.45, 2.75) is 33.3 Å². The minimum Gasteiger partial charge on any atom is -0.491 e. The molecule has 0 bridgehead atoms. The van der Waals surface area contributed by atoms with Crippen LogP contribution in [0.2, 0.25) is 0 Å². The normalized spacial score (nSPS) is 16.8. The molecule has 140 valence electrons. The molecule has 1 fully saturated rings. The number of hydrogen-bond acceptors (Lipinski definition) is 5. The van der Waals surface area contributed by atoms with Crippen molar-refractivity contribution in [3.05, 3.63) is 35.3 Å². The fourth-order valence-corrected chi connectivity index (χ4v) is 3.81. The van der Waals surface area contributed by atoms with Crippen LogP contribution in [0.1, 0.15) is 37.7 Å². The third-order valence-corrected chi connectivity index (χ3v) is 5.26. The third kappa shape index (κ3) is 4.62. The van der Waals surface area contributed by atoms with Gasteiger partial charge in [-0.15, -0.1) is 11.3 Å². The van der Waals surface area contributed by atoms with Crippen LogP contribution in [0.3, 0.4) is 0 Å². The van der Waals surface area contributed by atoms with E-state index in [4.69, 9.17) is 9.47 Å². The lowest BCUT2D eigenvalue weighted by Gasteiger charge is -2.22. The molecule has 0 spiro atoms. The Morgan fingerprint density at radius 3 is 2.77 bits per heavy atom. The number of carbonyl (C=O) groups excluding carboxylic acids is 1. The Hall–Kier alpha value is -1.92. The molecule has 26 heavy (non-hydrogen) atoms. The average molecular weight is 375 g/mol. The fourth-order valence-electron chi connectivity index (χ4n) is 3.01. The third-order valence-electron chi connectivity index (χ3n) is 4.37. The van der Waals surface area contributed by atoms with Gasteiger partial charge in [-0.2, -0.15) is 0 Å². The molecule has 6 heteroatoms. The predicted octanol–water partition coefficient (Wildman–Crippen LogP) is 4.10. The SMILES string of the molecule is CCN(CC1CCOC1)C(=O)c1csc(-c2ccc(OC(C)C)cc2)n1. The average Bonchev–Trinajstić information content (AvgIpc) is 3.31. The molecule has 1 amide bonds. The molecule has 1 unspecified atom stereocenters. The quantitative estimate of drug-likeness (QED) is 0.732. The summed E-state index contributed by atoms with van der Waals surface area (Å²) in [6.45, 7) is 8.99. The van der Waals surface area contributed by atoms with Gasteiger partial charge < -0.3 is 14.4 Å². The van der Waals surface area contributed by atoms with Crippen molar-refractivity contribution in [1.82, 2.24) is 9.88 Å². The molecule has 0 saturated carbocycles. The molecular weight excluding hydrogens is 348 g/mol. The number of rotatable bonds is 7. The van der Waals surface area contributed by atoms with E-state index < -0.39 is 0 Å². The second-order valence-electron chi connectivity index (χ2n) is 6.80. The van der Waals surface area contributed by atoms with Gasteiger partial charge in [0.05, 0.1) is 12.7 Å². The molecule has 1 aliphatic heterocycles. The van der Waals surface area contributed by atoms with E-state index in [0.29, 0.717) is 18.2 Å². The first kappa shape index (κ1) is 18.9. The zero-order valence-corrected chi connectivity index (χ0v) is 16.4. The van der Waals surface area contributed by atoms with Crippen molar-refractivity contribution in [2.24, 2.45) is 5.92 Å². The van der Waals surface area contributed by atoms with Crippen LogP contribution in [0, 0.1) is 5.92 Å². The minimum absolute atomic E-state index is 0.00154. The summed E-state index contributed by atoms with van der Waals surface area (Å²) in [6.07, 6.45) is 1.17. The zero-order chi connectivity index (χ0) is 18.5. The van der Waals surface area contributed by atoms with E-state index in [9.17, 15) is 4.79 Å². The summed E-state index contributed by atoms with van der Waals surface area (Å²) in [5.41, 5.74) is 1.52. The Labute approximate surface area is 159 Å². The van der Waals surface area contributed by atoms with Gasteiger partial charge in [0.1, 0.15) is 16.5 Å². The summed E-state index contributed by atoms with van der Waals surface area (Å²) in [5, 5.41) is 2.70. The highest BCUT2D eigenvalue weighted by Crippen LogP contribution is 2.27. The van der Waals surface area contributed by atoms with E-state index in [1.807, 2.05) is 55.3 Å². The molecule has 2 aromatic rings. The maximum Gasteiger partial charge on any atom is 0.273 e. The van der Waals surface area contributed by atoms with Gasteiger partial charge in [-0.05, 0) is 51.5 Å². The first-order chi connectivity index (χ1) is 12.6. The van der Waals surface area contributed by atoms with E-state index in [-0.39, 0.29) is 12.0 Å². The molecule has 1 atom stereocenters. The summed E-state index contributed by atoms with van der Waals surface area (Å²) in [6, 6.07) is 7.85. The van der Waals surface area contributed by atoms with E-state index in [1.165, 1.54) is 11.3 Å². The standard InChI is InChI=1S/C20H26N2O3S/c1-4-22(11-15-9-10-24-12-15)20(23)18-13-26-19(21-18)16-5-7-17(8-6-16)25-14(2)3/h5-8,13-15H,4,9-12H2,1-3H3. The first-order valence-electron chi connectivity index (χ1n) is 9.16. The molecule has 1 saturated heterocycles. The zero-order valence-electron chi connectivity index (χ0n) is 15.6. The molecular formula is C20H26N2O3S. The number of nitrogens with zero attached hydrogens (tertiary/aromatic N) is 2. The van der Waals surface area contributed by atoms with Gasteiger partial charge >= 0.3 is 0 Å². The highest BCUT2D eigenvalue weighted by Gasteiger charge is 2.23. The van der Waals surface area contributed by atoms with Gasteiger partial charge in [0, 0.05) is 36.6 Å². The topological polar surface area (TPSA) is 51.7 Å². The lowest BCUT2D eigenvalue weighted by Crippen LogP contribution is -2.35. The lowest BCUT2D eigenvalue weighted by atomic mass is 10.1. The van der Waals surface area contributed by atoms with Gasteiger partial charge in [0.15, 0.2) is 0 Å². The van der Waals surface area contributed by atoms with Crippen molar-refractivity contribution >= 4 is 17.2 Å². The molecule has 1 aliphatic rings. The van der Waals surface area contributed by atoms with Crippen molar-refractivity contribution in [1.29, 1.82) is 0 Å². The van der Waals surface area contributed by atoms with Crippen LogP contribution >= 0.6 is 11.3 Å². The second-order valence-corrected chi connectivity index (χ2v) is 7.66. The van der Waals surface area contributed by atoms with Crippen LogP contribution in [0.25, 0.3) is 10.6 Å². The predicted molar refractivity (Wildman–Crippen MR) is 104 cm³/mol. The fraction of sp³-hybridized carbons (Fsp3) is 0.500. The second kappa shape index (κ2) is 8.64. The number of benzene rings is 1. The van der Waals surface area contributed by atoms with Gasteiger partial charge in [0.25, 0.3) is 5.91 Å². The van der Waals surface area contributed by atoms with Crippen LogP contribution in [0.15, 0.2) is 29.6 Å². The Balaban J connectivity index is 1.68. The number of ether oxygens (including phenoxy) is 2. The number of amides is 1. The van der Waals surface area contributed by atoms with Crippen molar-refractivity contribution in [2.75, 3.05) is 26.3 Å². The molecule has 0 aliphatic carbocycles. The molecule has 1 aromatic heterocycles. The smallest absolute Gasteiger partial charge is 0.273 e. The van der Waals surface area contributed by atoms with Gasteiger partial charge in [-0.1, -0.05) is 0 Å². The monoisotopic (exact) mass is 374 g/mol. The number of thiazole rings is 1. The van der Waals surface area contributed by atoms with Crippen molar-refractivity contribution in [3.63, 3.8) is 0 Å². The molecule has 5 nitrogen and oxygen atoms in total. The summed E-state index contributed by atoms with van der Waals surface area (Å²) in [5.74, 6) is 1.28. The van der Waals surface area contributed by atoms with Crippen LogP contribution in [0.4, 0.5) is 0 Å². The van der Waals surface area contributed by atoms with E-state index in [0.717, 1.165) is 42.5 Å². The summed E-state index contributed by atoms with van der Waals surface area (Å²) >= 11 is 1.50. The largest absolute Gasteiger partial charge is 0.491 e.